The van der Waals surface area contributed by atoms with E-state index in [0.717, 1.165) is 37.0 Å². The molecule has 3 heteroatoms. The van der Waals surface area contributed by atoms with Gasteiger partial charge >= 0.3 is 5.97 Å². The number of carboxylic acid groups (broad SMARTS) is 1. The Labute approximate surface area is 103 Å². The summed E-state index contributed by atoms with van der Waals surface area (Å²) >= 11 is 0. The van der Waals surface area contributed by atoms with Gasteiger partial charge in [-0.15, -0.1) is 0 Å². The van der Waals surface area contributed by atoms with Gasteiger partial charge in [-0.2, -0.15) is 0 Å². The van der Waals surface area contributed by atoms with E-state index in [0.29, 0.717) is 18.9 Å². The molecule has 0 aromatic heterocycles. The van der Waals surface area contributed by atoms with E-state index in [2.05, 4.69) is 0 Å². The number of aliphatic hydroxyl groups excluding tert-OH is 1. The molecule has 3 nitrogen and oxygen atoms in total. The van der Waals surface area contributed by atoms with E-state index in [1.807, 2.05) is 0 Å². The van der Waals surface area contributed by atoms with Gasteiger partial charge < -0.3 is 10.2 Å². The molecule has 0 spiro atoms. The van der Waals surface area contributed by atoms with Crippen LogP contribution in [0.3, 0.4) is 0 Å². The molecule has 0 saturated heterocycles. The summed E-state index contributed by atoms with van der Waals surface area (Å²) in [4.78, 5) is 10.4. The Kier molecular flexibility index (Phi) is 4.43. The SMILES string of the molecule is O=C(O)CCCCCC1C2CCC(C2)C1CO. The maximum Gasteiger partial charge on any atom is 0.303 e. The van der Waals surface area contributed by atoms with E-state index in [1.54, 1.807) is 0 Å². The van der Waals surface area contributed by atoms with Crippen LogP contribution >= 0.6 is 0 Å². The highest BCUT2D eigenvalue weighted by Crippen LogP contribution is 2.53. The fourth-order valence-electron chi connectivity index (χ4n) is 4.10. The highest BCUT2D eigenvalue weighted by atomic mass is 16.4. The second kappa shape index (κ2) is 5.85. The molecule has 0 radical (unpaired) electrons. The van der Waals surface area contributed by atoms with Gasteiger partial charge in [-0.1, -0.05) is 12.8 Å². The van der Waals surface area contributed by atoms with Crippen LogP contribution < -0.4 is 0 Å². The zero-order chi connectivity index (χ0) is 12.3. The third kappa shape index (κ3) is 3.01. The van der Waals surface area contributed by atoms with Crippen LogP contribution in [0.4, 0.5) is 0 Å². The molecule has 0 aromatic rings. The molecule has 2 bridgehead atoms. The Balaban J connectivity index is 1.66. The number of hydrogen-bond donors (Lipinski definition) is 2. The van der Waals surface area contributed by atoms with Gasteiger partial charge in [-0.25, -0.2) is 0 Å². The summed E-state index contributed by atoms with van der Waals surface area (Å²) in [6.45, 7) is 0.362. The molecule has 0 aliphatic heterocycles. The normalized spacial score (nSPS) is 35.4. The maximum atomic E-state index is 10.4. The zero-order valence-electron chi connectivity index (χ0n) is 10.5. The number of hydrogen-bond acceptors (Lipinski definition) is 2. The van der Waals surface area contributed by atoms with Crippen LogP contribution in [0.2, 0.25) is 0 Å². The quantitative estimate of drug-likeness (QED) is 0.673. The first kappa shape index (κ1) is 12.9. The standard InChI is InChI=1S/C14H24O3/c15-9-13-11-7-6-10(8-11)12(13)4-2-1-3-5-14(16)17/h10-13,15H,1-9H2,(H,16,17). The third-order valence-electron chi connectivity index (χ3n) is 4.91. The first-order valence-electron chi connectivity index (χ1n) is 7.05. The van der Waals surface area contributed by atoms with E-state index < -0.39 is 5.97 Å². The molecule has 2 N–H and O–H groups in total. The Bertz CT molecular complexity index is 264. The molecular formula is C14H24O3. The van der Waals surface area contributed by atoms with Gasteiger partial charge in [0, 0.05) is 13.0 Å². The first-order chi connectivity index (χ1) is 8.22. The molecule has 2 saturated carbocycles. The van der Waals surface area contributed by atoms with Gasteiger partial charge in [0.25, 0.3) is 0 Å². The highest BCUT2D eigenvalue weighted by Gasteiger charge is 2.46. The molecule has 17 heavy (non-hydrogen) atoms. The Morgan fingerprint density at radius 3 is 2.41 bits per heavy atom. The summed E-state index contributed by atoms with van der Waals surface area (Å²) < 4.78 is 0. The van der Waals surface area contributed by atoms with Crippen LogP contribution in [0, 0.1) is 23.7 Å². The molecular weight excluding hydrogens is 216 g/mol. The average Bonchev–Trinajstić information content (AvgIpc) is 2.88. The van der Waals surface area contributed by atoms with E-state index in [4.69, 9.17) is 5.11 Å². The number of rotatable bonds is 7. The van der Waals surface area contributed by atoms with Crippen LogP contribution in [0.5, 0.6) is 0 Å². The smallest absolute Gasteiger partial charge is 0.303 e. The van der Waals surface area contributed by atoms with Crippen LogP contribution in [0.25, 0.3) is 0 Å². The molecule has 4 unspecified atom stereocenters. The molecule has 0 amide bonds. The Morgan fingerprint density at radius 1 is 1.06 bits per heavy atom. The summed E-state index contributed by atoms with van der Waals surface area (Å²) in [7, 11) is 0. The van der Waals surface area contributed by atoms with Crippen molar-refractivity contribution in [2.45, 2.75) is 51.4 Å². The molecule has 0 aromatic carbocycles. The molecule has 0 heterocycles. The highest BCUT2D eigenvalue weighted by molar-refractivity contribution is 5.66. The van der Waals surface area contributed by atoms with E-state index in [1.165, 1.54) is 25.7 Å². The number of fused-ring (bicyclic) bond motifs is 2. The fraction of sp³-hybridized carbons (Fsp3) is 0.929. The van der Waals surface area contributed by atoms with Crippen molar-refractivity contribution in [2.24, 2.45) is 23.7 Å². The van der Waals surface area contributed by atoms with Crippen molar-refractivity contribution in [3.63, 3.8) is 0 Å². The topological polar surface area (TPSA) is 57.5 Å². The van der Waals surface area contributed by atoms with Gasteiger partial charge in [0.2, 0.25) is 0 Å². The second-order valence-electron chi connectivity index (χ2n) is 5.84. The van der Waals surface area contributed by atoms with Gasteiger partial charge in [0.05, 0.1) is 0 Å². The third-order valence-corrected chi connectivity index (χ3v) is 4.91. The van der Waals surface area contributed by atoms with Gasteiger partial charge in [-0.3, -0.25) is 4.79 Å². The van der Waals surface area contributed by atoms with Gasteiger partial charge in [0.15, 0.2) is 0 Å². The van der Waals surface area contributed by atoms with E-state index >= 15 is 0 Å². The van der Waals surface area contributed by atoms with E-state index in [-0.39, 0.29) is 0 Å². The predicted molar refractivity (Wildman–Crippen MR) is 65.6 cm³/mol. The lowest BCUT2D eigenvalue weighted by Crippen LogP contribution is -2.25. The van der Waals surface area contributed by atoms with Crippen LogP contribution in [-0.4, -0.2) is 22.8 Å². The molecule has 2 aliphatic rings. The lowest BCUT2D eigenvalue weighted by molar-refractivity contribution is -0.137. The van der Waals surface area contributed by atoms with Crippen molar-refractivity contribution >= 4 is 5.97 Å². The number of carbonyl (C=O) groups is 1. The fourth-order valence-corrected chi connectivity index (χ4v) is 4.10. The summed E-state index contributed by atoms with van der Waals surface area (Å²) in [6, 6.07) is 0. The lowest BCUT2D eigenvalue weighted by Gasteiger charge is -2.29. The van der Waals surface area contributed by atoms with Crippen molar-refractivity contribution in [1.82, 2.24) is 0 Å². The Hall–Kier alpha value is -0.570. The minimum atomic E-state index is -0.682. The minimum absolute atomic E-state index is 0.306. The lowest BCUT2D eigenvalue weighted by atomic mass is 9.77. The number of aliphatic hydroxyl groups is 1. The minimum Gasteiger partial charge on any atom is -0.481 e. The molecule has 4 atom stereocenters. The van der Waals surface area contributed by atoms with Crippen LogP contribution in [0.1, 0.15) is 51.4 Å². The predicted octanol–water partition coefficient (Wildman–Crippen LogP) is 2.68. The molecule has 98 valence electrons. The van der Waals surface area contributed by atoms with Crippen molar-refractivity contribution in [3.8, 4) is 0 Å². The molecule has 2 fully saturated rings. The zero-order valence-corrected chi connectivity index (χ0v) is 10.5. The van der Waals surface area contributed by atoms with Crippen molar-refractivity contribution < 1.29 is 15.0 Å². The maximum absolute atomic E-state index is 10.4. The van der Waals surface area contributed by atoms with E-state index in [9.17, 15) is 9.90 Å². The monoisotopic (exact) mass is 240 g/mol. The second-order valence-corrected chi connectivity index (χ2v) is 5.84. The number of carboxylic acids is 1. The summed E-state index contributed by atoms with van der Waals surface area (Å²) in [6.07, 6.45) is 8.50. The van der Waals surface area contributed by atoms with Crippen molar-refractivity contribution in [3.05, 3.63) is 0 Å². The largest absolute Gasteiger partial charge is 0.481 e. The van der Waals surface area contributed by atoms with Crippen LogP contribution in [-0.2, 0) is 4.79 Å². The Morgan fingerprint density at radius 2 is 1.76 bits per heavy atom. The van der Waals surface area contributed by atoms with Gasteiger partial charge in [-0.05, 0) is 55.8 Å². The molecule has 2 aliphatic carbocycles. The summed E-state index contributed by atoms with van der Waals surface area (Å²) in [5.74, 6) is 2.24. The number of aliphatic carboxylic acids is 1. The number of unbranched alkanes of at least 4 members (excludes halogenated alkanes) is 2. The summed E-state index contributed by atoms with van der Waals surface area (Å²) in [5, 5.41) is 18.0. The molecule has 2 rings (SSSR count). The average molecular weight is 240 g/mol. The van der Waals surface area contributed by atoms with Crippen molar-refractivity contribution in [1.29, 1.82) is 0 Å². The first-order valence-corrected chi connectivity index (χ1v) is 7.05. The van der Waals surface area contributed by atoms with Crippen LogP contribution in [0.15, 0.2) is 0 Å². The summed E-state index contributed by atoms with van der Waals surface area (Å²) in [5.41, 5.74) is 0. The van der Waals surface area contributed by atoms with Gasteiger partial charge in [0.1, 0.15) is 0 Å². The van der Waals surface area contributed by atoms with Crippen molar-refractivity contribution in [2.75, 3.05) is 6.61 Å².